The number of rotatable bonds is 3. The lowest BCUT2D eigenvalue weighted by Crippen LogP contribution is -2.57. The van der Waals surface area contributed by atoms with E-state index in [-0.39, 0.29) is 0 Å². The minimum absolute atomic E-state index is 1.21. The third kappa shape index (κ3) is 1.75. The van der Waals surface area contributed by atoms with E-state index in [1.54, 1.807) is 0 Å². The summed E-state index contributed by atoms with van der Waals surface area (Å²) in [6, 6.07) is 17.7. The summed E-state index contributed by atoms with van der Waals surface area (Å²) in [5, 5.41) is 6.56. The summed E-state index contributed by atoms with van der Waals surface area (Å²) < 4.78 is 6.36. The zero-order chi connectivity index (χ0) is 16.1. The lowest BCUT2D eigenvalue weighted by atomic mass is 9.33. The molecule has 1 aliphatic heterocycles. The fourth-order valence-electron chi connectivity index (χ4n) is 4.07. The number of hydrogen-bond acceptors (Lipinski definition) is 3. The van der Waals surface area contributed by atoms with E-state index in [9.17, 15) is 0 Å². The van der Waals surface area contributed by atoms with Gasteiger partial charge in [0.15, 0.2) is 6.26 Å². The average molecular weight is 366 g/mol. The monoisotopic (exact) mass is 366 g/mol. The van der Waals surface area contributed by atoms with Crippen LogP contribution in [0.25, 0.3) is 11.0 Å². The van der Waals surface area contributed by atoms with E-state index in [1.165, 1.54) is 31.2 Å². The van der Waals surface area contributed by atoms with Gasteiger partial charge in [0.1, 0.15) is 0 Å². The van der Waals surface area contributed by atoms with Crippen LogP contribution >= 0.6 is 34.0 Å². The van der Waals surface area contributed by atoms with Crippen LogP contribution < -0.4 is 9.55 Å². The maximum absolute atomic E-state index is 3.56. The predicted octanol–water partition coefficient (Wildman–Crippen LogP) is 5.24. The van der Waals surface area contributed by atoms with Gasteiger partial charge in [0.25, 0.3) is 0 Å². The van der Waals surface area contributed by atoms with Gasteiger partial charge in [-0.15, -0.1) is 11.3 Å². The van der Waals surface area contributed by atoms with Gasteiger partial charge < -0.3 is 3.96 Å². The molecule has 0 radical (unpaired) electrons. The zero-order valence-corrected chi connectivity index (χ0v) is 15.6. The molecule has 4 aromatic heterocycles. The van der Waals surface area contributed by atoms with Crippen molar-refractivity contribution in [3.63, 3.8) is 0 Å². The molecule has 0 N–H and O–H groups in total. The van der Waals surface area contributed by atoms with Crippen molar-refractivity contribution >= 4 is 61.0 Å². The van der Waals surface area contributed by atoms with Gasteiger partial charge >= 0.3 is 6.35 Å². The van der Waals surface area contributed by atoms with Crippen LogP contribution in [0.3, 0.4) is 0 Å². The second kappa shape index (κ2) is 5.35. The summed E-state index contributed by atoms with van der Waals surface area (Å²) in [4.78, 5) is 1.37. The van der Waals surface area contributed by atoms with Gasteiger partial charge in [0.2, 0.25) is 5.76 Å². The average Bonchev–Trinajstić information content (AvgIpc) is 3.40. The van der Waals surface area contributed by atoms with Crippen LogP contribution in [0.4, 0.5) is 0 Å². The van der Waals surface area contributed by atoms with Gasteiger partial charge in [-0.2, -0.15) is 22.7 Å². The number of furan rings is 1. The van der Waals surface area contributed by atoms with Crippen molar-refractivity contribution in [3.8, 4) is 0 Å². The maximum atomic E-state index is 3.56. The highest BCUT2D eigenvalue weighted by atomic mass is 32.1. The molecule has 0 aromatic carbocycles. The molecule has 0 fully saturated rings. The summed E-state index contributed by atoms with van der Waals surface area (Å²) in [5.41, 5.74) is 2.82. The Balaban J connectivity index is 1.95. The number of thiophene rings is 3. The molecule has 0 aliphatic carbocycles. The van der Waals surface area contributed by atoms with E-state index in [0.29, 0.717) is 0 Å². The van der Waals surface area contributed by atoms with Gasteiger partial charge in [-0.05, 0) is 38.7 Å². The molecule has 118 valence electrons. The van der Waals surface area contributed by atoms with E-state index in [4.69, 9.17) is 0 Å². The van der Waals surface area contributed by atoms with Gasteiger partial charge in [0.05, 0.1) is 0 Å². The van der Waals surface area contributed by atoms with Crippen LogP contribution in [-0.4, -0.2) is 6.35 Å². The highest BCUT2D eigenvalue weighted by Gasteiger charge is 2.53. The highest BCUT2D eigenvalue weighted by Crippen LogP contribution is 2.48. The topological polar surface area (TPSA) is 2.70 Å². The quantitative estimate of drug-likeness (QED) is 0.344. The van der Waals surface area contributed by atoms with Crippen LogP contribution in [0.1, 0.15) is 17.6 Å². The minimum Gasteiger partial charge on any atom is -0.776 e. The fourth-order valence-corrected chi connectivity index (χ4v) is 7.08. The zero-order valence-electron chi connectivity index (χ0n) is 13.1. The summed E-state index contributed by atoms with van der Waals surface area (Å²) in [7, 11) is 0. The molecule has 4 aromatic rings. The molecule has 1 nitrogen and oxygen atoms in total. The number of allylic oxidation sites excluding steroid dienone is 1. The van der Waals surface area contributed by atoms with Gasteiger partial charge in [0, 0.05) is 22.6 Å². The number of fused-ring (bicyclic) bond motifs is 1. The van der Waals surface area contributed by atoms with Crippen molar-refractivity contribution in [2.45, 2.75) is 6.92 Å². The first kappa shape index (κ1) is 14.5. The van der Waals surface area contributed by atoms with Crippen molar-refractivity contribution in [3.05, 3.63) is 81.6 Å². The van der Waals surface area contributed by atoms with Crippen molar-refractivity contribution in [2.24, 2.45) is 0 Å². The predicted molar refractivity (Wildman–Crippen MR) is 109 cm³/mol. The Kier molecular flexibility index (Phi) is 3.23. The first-order valence-corrected chi connectivity index (χ1v) is 10.6. The Bertz CT molecular complexity index is 971. The van der Waals surface area contributed by atoms with E-state index < -0.39 is 6.35 Å². The van der Waals surface area contributed by atoms with Crippen molar-refractivity contribution < 1.29 is 3.96 Å². The Morgan fingerprint density at radius 2 is 1.46 bits per heavy atom. The van der Waals surface area contributed by atoms with Crippen LogP contribution in [-0.2, 0) is 0 Å². The van der Waals surface area contributed by atoms with Crippen molar-refractivity contribution in [1.29, 1.82) is 0 Å². The SMILES string of the molecule is CC1=C(c2cccs2)[B-](c2cccs2)(c2cccs2)[o+]2cccc21. The lowest BCUT2D eigenvalue weighted by Gasteiger charge is -2.36. The van der Waals surface area contributed by atoms with Crippen LogP contribution in [0.15, 0.2) is 74.9 Å². The molecule has 0 unspecified atom stereocenters. The highest BCUT2D eigenvalue weighted by molar-refractivity contribution is 7.40. The molecule has 5 heteroatoms. The fraction of sp³-hybridized carbons (Fsp3) is 0.0526. The maximum Gasteiger partial charge on any atom is 0.440 e. The third-order valence-corrected chi connectivity index (χ3v) is 7.93. The van der Waals surface area contributed by atoms with E-state index in [2.05, 4.69) is 81.8 Å². The molecule has 5 rings (SSSR count). The first-order chi connectivity index (χ1) is 11.8. The third-order valence-electron chi connectivity index (χ3n) is 4.96. The van der Waals surface area contributed by atoms with Gasteiger partial charge in [-0.3, -0.25) is 0 Å². The second-order valence-corrected chi connectivity index (χ2v) is 8.97. The summed E-state index contributed by atoms with van der Waals surface area (Å²) in [6.45, 7) is 2.26. The molecule has 0 saturated heterocycles. The molecule has 0 atom stereocenters. The smallest absolute Gasteiger partial charge is 0.440 e. The van der Waals surface area contributed by atoms with E-state index in [0.717, 1.165) is 0 Å². The largest absolute Gasteiger partial charge is 0.776 e. The minimum atomic E-state index is -1.21. The normalized spacial score (nSPS) is 15.9. The molecular formula is C19H15BOS3. The van der Waals surface area contributed by atoms with Crippen LogP contribution in [0.5, 0.6) is 0 Å². The Morgan fingerprint density at radius 3 is 2.04 bits per heavy atom. The van der Waals surface area contributed by atoms with Crippen LogP contribution in [0.2, 0.25) is 0 Å². The van der Waals surface area contributed by atoms with E-state index in [1.807, 2.05) is 34.0 Å². The van der Waals surface area contributed by atoms with Crippen molar-refractivity contribution in [1.82, 2.24) is 0 Å². The molecule has 0 bridgehead atoms. The van der Waals surface area contributed by atoms with Gasteiger partial charge in [-0.25, -0.2) is 0 Å². The molecular weight excluding hydrogens is 351 g/mol. The second-order valence-electron chi connectivity index (χ2n) is 6.06. The molecule has 24 heavy (non-hydrogen) atoms. The molecule has 1 aliphatic rings. The first-order valence-electron chi connectivity index (χ1n) is 7.93. The molecule has 0 spiro atoms. The summed E-state index contributed by atoms with van der Waals surface area (Å²) in [5.74, 6) is 1.26. The molecule has 0 saturated carbocycles. The van der Waals surface area contributed by atoms with Crippen LogP contribution in [0, 0.1) is 0 Å². The summed E-state index contributed by atoms with van der Waals surface area (Å²) in [6.07, 6.45) is 0.973. The Morgan fingerprint density at radius 1 is 0.792 bits per heavy atom. The Hall–Kier alpha value is -1.82. The molecule has 0 amide bonds. The Labute approximate surface area is 153 Å². The lowest BCUT2D eigenvalue weighted by molar-refractivity contribution is 0.376. The number of hydrogen-bond donors (Lipinski definition) is 0. The molecule has 5 heterocycles. The summed E-state index contributed by atoms with van der Waals surface area (Å²) >= 11 is 5.54. The van der Waals surface area contributed by atoms with Crippen molar-refractivity contribution in [2.75, 3.05) is 0 Å². The van der Waals surface area contributed by atoms with Gasteiger partial charge in [-0.1, -0.05) is 35.8 Å². The standard InChI is InChI=1S/C19H15BOS3/c1-14-15-6-2-10-21(15)20(17-8-4-12-23-17,18-9-5-13-24-18)19(14)16-7-3-11-22-16/h2-13H,1H3. The van der Waals surface area contributed by atoms with E-state index >= 15 is 0 Å².